The first-order valence-electron chi connectivity index (χ1n) is 5.69. The van der Waals surface area contributed by atoms with E-state index in [2.05, 4.69) is 0 Å². The molecule has 106 valence electrons. The third kappa shape index (κ3) is 3.89. The van der Waals surface area contributed by atoms with Gasteiger partial charge >= 0.3 is 0 Å². The highest BCUT2D eigenvalue weighted by molar-refractivity contribution is 7.89. The van der Waals surface area contributed by atoms with Gasteiger partial charge in [0.25, 0.3) is 0 Å². The van der Waals surface area contributed by atoms with Gasteiger partial charge in [-0.25, -0.2) is 8.42 Å². The van der Waals surface area contributed by atoms with Crippen molar-refractivity contribution in [2.75, 3.05) is 14.2 Å². The summed E-state index contributed by atoms with van der Waals surface area (Å²) in [6, 6.07) is 5.96. The first-order valence-corrected chi connectivity index (χ1v) is 7.54. The number of ether oxygens (including phenoxy) is 1. The van der Waals surface area contributed by atoms with Gasteiger partial charge in [0.05, 0.1) is 17.0 Å². The highest BCUT2D eigenvalue weighted by atomic mass is 32.2. The molecule has 0 amide bonds. The third-order valence-corrected chi connectivity index (χ3v) is 5.01. The lowest BCUT2D eigenvalue weighted by Gasteiger charge is -2.24. The molecular formula is C12H18N2O3S2. The fourth-order valence-corrected chi connectivity index (χ4v) is 3.17. The van der Waals surface area contributed by atoms with Crippen molar-refractivity contribution in [3.05, 3.63) is 24.3 Å². The number of methoxy groups -OCH3 is 1. The van der Waals surface area contributed by atoms with E-state index in [1.165, 1.54) is 30.6 Å². The second-order valence-electron chi connectivity index (χ2n) is 4.22. The zero-order valence-electron chi connectivity index (χ0n) is 11.2. The molecular weight excluding hydrogens is 284 g/mol. The van der Waals surface area contributed by atoms with Crippen LogP contribution in [-0.4, -0.2) is 37.9 Å². The molecule has 7 heteroatoms. The number of thiocarbonyl (C=S) groups is 1. The molecule has 0 aliphatic carbocycles. The average Bonchev–Trinajstić information content (AvgIpc) is 2.37. The molecule has 0 bridgehead atoms. The quantitative estimate of drug-likeness (QED) is 0.804. The molecule has 0 aliphatic rings. The summed E-state index contributed by atoms with van der Waals surface area (Å²) < 4.78 is 31.0. The number of nitrogens with two attached hydrogens (primary N) is 1. The van der Waals surface area contributed by atoms with Gasteiger partial charge in [0.1, 0.15) is 5.75 Å². The van der Waals surface area contributed by atoms with Crippen molar-refractivity contribution in [1.29, 1.82) is 0 Å². The third-order valence-electron chi connectivity index (χ3n) is 2.85. The van der Waals surface area contributed by atoms with Crippen molar-refractivity contribution in [2.45, 2.75) is 24.3 Å². The van der Waals surface area contributed by atoms with E-state index in [1.807, 2.05) is 0 Å². The highest BCUT2D eigenvalue weighted by Gasteiger charge is 2.25. The Kier molecular flexibility index (Phi) is 5.28. The number of rotatable bonds is 6. The van der Waals surface area contributed by atoms with Crippen LogP contribution in [0.1, 0.15) is 13.3 Å². The second-order valence-corrected chi connectivity index (χ2v) is 6.74. The molecule has 1 unspecified atom stereocenters. The smallest absolute Gasteiger partial charge is 0.243 e. The van der Waals surface area contributed by atoms with E-state index in [9.17, 15) is 8.42 Å². The maximum atomic E-state index is 12.4. The predicted octanol–water partition coefficient (Wildman–Crippen LogP) is 1.38. The van der Waals surface area contributed by atoms with E-state index in [0.29, 0.717) is 17.2 Å². The summed E-state index contributed by atoms with van der Waals surface area (Å²) in [7, 11) is -0.502. The molecule has 0 spiro atoms. The van der Waals surface area contributed by atoms with Gasteiger partial charge in [-0.05, 0) is 31.2 Å². The van der Waals surface area contributed by atoms with Crippen LogP contribution in [0.2, 0.25) is 0 Å². The summed E-state index contributed by atoms with van der Waals surface area (Å²) in [4.78, 5) is 0.509. The van der Waals surface area contributed by atoms with Gasteiger partial charge in [-0.15, -0.1) is 0 Å². The molecule has 0 heterocycles. The minimum Gasteiger partial charge on any atom is -0.497 e. The number of hydrogen-bond donors (Lipinski definition) is 1. The topological polar surface area (TPSA) is 72.6 Å². The standard InChI is InChI=1S/C12H18N2O3S2/c1-9(8-12(13)18)14(2)19(15,16)11-6-4-10(17-3)5-7-11/h4-7,9H,8H2,1-3H3,(H2,13,18). The molecule has 5 nitrogen and oxygen atoms in total. The van der Waals surface area contributed by atoms with Crippen LogP contribution in [0.15, 0.2) is 29.2 Å². The van der Waals surface area contributed by atoms with E-state index in [-0.39, 0.29) is 10.9 Å². The first-order chi connectivity index (χ1) is 8.78. The summed E-state index contributed by atoms with van der Waals surface area (Å²) in [5.41, 5.74) is 5.44. The van der Waals surface area contributed by atoms with Crippen LogP contribution in [0.4, 0.5) is 0 Å². The number of benzene rings is 1. The molecule has 0 radical (unpaired) electrons. The summed E-state index contributed by atoms with van der Waals surface area (Å²) in [5.74, 6) is 0.609. The Bertz CT molecular complexity index is 541. The van der Waals surface area contributed by atoms with Crippen LogP contribution in [0, 0.1) is 0 Å². The summed E-state index contributed by atoms with van der Waals surface area (Å²) >= 11 is 4.80. The molecule has 0 fully saturated rings. The fourth-order valence-electron chi connectivity index (χ4n) is 1.57. The SMILES string of the molecule is COc1ccc(S(=O)(=O)N(C)C(C)CC(N)=S)cc1. The minimum atomic E-state index is -3.55. The van der Waals surface area contributed by atoms with Gasteiger partial charge in [0.15, 0.2) is 0 Å². The zero-order chi connectivity index (χ0) is 14.6. The van der Waals surface area contributed by atoms with E-state index < -0.39 is 10.0 Å². The lowest BCUT2D eigenvalue weighted by Crippen LogP contribution is -2.37. The van der Waals surface area contributed by atoms with E-state index in [0.717, 1.165) is 0 Å². The maximum absolute atomic E-state index is 12.4. The molecule has 19 heavy (non-hydrogen) atoms. The van der Waals surface area contributed by atoms with Crippen molar-refractivity contribution in [3.8, 4) is 5.75 Å². The average molecular weight is 302 g/mol. The van der Waals surface area contributed by atoms with Gasteiger partial charge in [-0.1, -0.05) is 12.2 Å². The van der Waals surface area contributed by atoms with Crippen molar-refractivity contribution < 1.29 is 13.2 Å². The van der Waals surface area contributed by atoms with Crippen molar-refractivity contribution in [2.24, 2.45) is 5.73 Å². The van der Waals surface area contributed by atoms with Gasteiger partial charge in [-0.2, -0.15) is 4.31 Å². The largest absolute Gasteiger partial charge is 0.497 e. The van der Waals surface area contributed by atoms with Gasteiger partial charge in [0, 0.05) is 19.5 Å². The van der Waals surface area contributed by atoms with Crippen LogP contribution in [0.5, 0.6) is 5.75 Å². The lowest BCUT2D eigenvalue weighted by molar-refractivity contribution is 0.396. The maximum Gasteiger partial charge on any atom is 0.243 e. The molecule has 1 aromatic rings. The molecule has 0 saturated heterocycles. The predicted molar refractivity (Wildman–Crippen MR) is 78.8 cm³/mol. The van der Waals surface area contributed by atoms with Crippen LogP contribution >= 0.6 is 12.2 Å². The molecule has 1 rings (SSSR count). The Labute approximate surface area is 119 Å². The van der Waals surface area contributed by atoms with Gasteiger partial charge in [0.2, 0.25) is 10.0 Å². The van der Waals surface area contributed by atoms with Crippen molar-refractivity contribution in [3.63, 3.8) is 0 Å². The van der Waals surface area contributed by atoms with E-state index in [1.54, 1.807) is 19.1 Å². The Morgan fingerprint density at radius 2 is 1.95 bits per heavy atom. The number of nitrogens with zero attached hydrogens (tertiary/aromatic N) is 1. The van der Waals surface area contributed by atoms with Crippen LogP contribution < -0.4 is 10.5 Å². The van der Waals surface area contributed by atoms with Crippen molar-refractivity contribution in [1.82, 2.24) is 4.31 Å². The monoisotopic (exact) mass is 302 g/mol. The summed E-state index contributed by atoms with van der Waals surface area (Å²) in [6.45, 7) is 1.76. The molecule has 1 aromatic carbocycles. The van der Waals surface area contributed by atoms with Crippen LogP contribution in [0.3, 0.4) is 0 Å². The van der Waals surface area contributed by atoms with Crippen molar-refractivity contribution >= 4 is 27.2 Å². The highest BCUT2D eigenvalue weighted by Crippen LogP contribution is 2.20. The molecule has 2 N–H and O–H groups in total. The Morgan fingerprint density at radius 1 is 1.42 bits per heavy atom. The Morgan fingerprint density at radius 3 is 2.37 bits per heavy atom. The molecule has 0 aromatic heterocycles. The van der Waals surface area contributed by atoms with E-state index >= 15 is 0 Å². The number of sulfonamides is 1. The minimum absolute atomic E-state index is 0.214. The first kappa shape index (κ1) is 15.9. The number of hydrogen-bond acceptors (Lipinski definition) is 4. The molecule has 0 aliphatic heterocycles. The fraction of sp³-hybridized carbons (Fsp3) is 0.417. The summed E-state index contributed by atoms with van der Waals surface area (Å²) in [5, 5.41) is 0. The van der Waals surface area contributed by atoms with Gasteiger partial charge in [-0.3, -0.25) is 0 Å². The zero-order valence-corrected chi connectivity index (χ0v) is 12.8. The normalized spacial score (nSPS) is 13.3. The summed E-state index contributed by atoms with van der Waals surface area (Å²) in [6.07, 6.45) is 0.348. The van der Waals surface area contributed by atoms with E-state index in [4.69, 9.17) is 22.7 Å². The van der Waals surface area contributed by atoms with Crippen LogP contribution in [-0.2, 0) is 10.0 Å². The molecule has 1 atom stereocenters. The Balaban J connectivity index is 2.98. The van der Waals surface area contributed by atoms with Crippen LogP contribution in [0.25, 0.3) is 0 Å². The van der Waals surface area contributed by atoms with Gasteiger partial charge < -0.3 is 10.5 Å². The molecule has 0 saturated carbocycles. The second kappa shape index (κ2) is 6.31. The lowest BCUT2D eigenvalue weighted by atomic mass is 10.2. The Hall–Kier alpha value is -1.18.